The fourth-order valence-electron chi connectivity index (χ4n) is 0.281. The minimum absolute atomic E-state index is 0.549. The molecule has 1 atom stereocenters. The Hall–Kier alpha value is 0.960. The van der Waals surface area contributed by atoms with Crippen molar-refractivity contribution in [1.82, 2.24) is 0 Å². The molecule has 0 aliphatic carbocycles. The van der Waals surface area contributed by atoms with Crippen molar-refractivity contribution in [3.8, 4) is 0 Å². The van der Waals surface area contributed by atoms with E-state index in [9.17, 15) is 0 Å². The molecule has 0 aromatic carbocycles. The van der Waals surface area contributed by atoms with E-state index < -0.39 is 0 Å². The highest BCUT2D eigenvalue weighted by atomic mass is 79.9. The summed E-state index contributed by atoms with van der Waals surface area (Å²) in [4.78, 5) is 1.82. The van der Waals surface area contributed by atoms with Crippen LogP contribution in [0.1, 0.15) is 20.3 Å². The molecule has 0 fully saturated rings. The van der Waals surface area contributed by atoms with Gasteiger partial charge in [-0.05, 0) is 13.3 Å². The Labute approximate surface area is 61.9 Å². The Balaban J connectivity index is 3.14. The Morgan fingerprint density at radius 3 is 2.14 bits per heavy atom. The minimum atomic E-state index is 0.549. The fourth-order valence-corrected chi connectivity index (χ4v) is 0.605. The zero-order chi connectivity index (χ0) is 5.86. The van der Waals surface area contributed by atoms with Gasteiger partial charge in [-0.2, -0.15) is 0 Å². The number of rotatable bonds is 2. The van der Waals surface area contributed by atoms with E-state index in [1.54, 1.807) is 0 Å². The first-order valence-corrected chi connectivity index (χ1v) is 4.02. The van der Waals surface area contributed by atoms with Crippen LogP contribution in [0.5, 0.6) is 0 Å². The Bertz CT molecular complexity index is 43.3. The van der Waals surface area contributed by atoms with Crippen LogP contribution < -0.4 is 0 Å². The normalized spacial score (nSPS) is 15.0. The van der Waals surface area contributed by atoms with Crippen LogP contribution in [-0.4, -0.2) is 4.83 Å². The molecule has 0 N–H and O–H groups in total. The summed E-state index contributed by atoms with van der Waals surface area (Å²) in [5.74, 6) is 0. The average molecular weight is 229 g/mol. The predicted molar refractivity (Wildman–Crippen MR) is 40.9 cm³/mol. The quantitative estimate of drug-likeness (QED) is 0.638. The van der Waals surface area contributed by atoms with Crippen molar-refractivity contribution < 1.29 is 0 Å². The second kappa shape index (κ2) is 3.90. The molecule has 0 saturated heterocycles. The van der Waals surface area contributed by atoms with E-state index in [0.29, 0.717) is 4.83 Å². The van der Waals surface area contributed by atoms with Crippen LogP contribution in [-0.2, 0) is 0 Å². The van der Waals surface area contributed by atoms with Crippen LogP contribution in [0.25, 0.3) is 0 Å². The van der Waals surface area contributed by atoms with Crippen LogP contribution in [0.3, 0.4) is 0 Å². The molecule has 0 aliphatic heterocycles. The summed E-state index contributed by atoms with van der Waals surface area (Å²) in [7, 11) is 0. The maximum atomic E-state index is 3.46. The van der Waals surface area contributed by atoms with Crippen molar-refractivity contribution in [1.29, 1.82) is 0 Å². The highest BCUT2D eigenvalue weighted by Crippen LogP contribution is 2.22. The lowest BCUT2D eigenvalue weighted by molar-refractivity contribution is 0.920. The van der Waals surface area contributed by atoms with Gasteiger partial charge in [0.2, 0.25) is 0 Å². The zero-order valence-electron chi connectivity index (χ0n) is 4.54. The fraction of sp³-hybridized carbons (Fsp3) is 0.800. The monoisotopic (exact) mass is 227 g/mol. The number of alkyl halides is 1. The number of hydrogen-bond acceptors (Lipinski definition) is 0. The lowest BCUT2D eigenvalue weighted by Gasteiger charge is -2.05. The lowest BCUT2D eigenvalue weighted by Crippen LogP contribution is -1.98. The van der Waals surface area contributed by atoms with Gasteiger partial charge < -0.3 is 0 Å². The van der Waals surface area contributed by atoms with Crippen LogP contribution >= 0.6 is 31.9 Å². The molecule has 0 spiro atoms. The lowest BCUT2D eigenvalue weighted by atomic mass is 10.3. The Morgan fingerprint density at radius 1 is 1.71 bits per heavy atom. The van der Waals surface area contributed by atoms with Crippen molar-refractivity contribution >= 4 is 31.9 Å². The summed E-state index contributed by atoms with van der Waals surface area (Å²) in [6, 6.07) is 0. The molecular weight excluding hydrogens is 220 g/mol. The second-order valence-corrected chi connectivity index (χ2v) is 3.82. The smallest absolute Gasteiger partial charge is 0.0515 e. The molecule has 43 valence electrons. The first-order valence-electron chi connectivity index (χ1n) is 2.31. The summed E-state index contributed by atoms with van der Waals surface area (Å²) in [5, 5.41) is 0. The Morgan fingerprint density at radius 2 is 2.14 bits per heavy atom. The molecule has 0 amide bonds. The molecule has 1 unspecified atom stereocenters. The van der Waals surface area contributed by atoms with Crippen molar-refractivity contribution in [3.05, 3.63) is 4.83 Å². The van der Waals surface area contributed by atoms with Gasteiger partial charge in [0.25, 0.3) is 0 Å². The molecule has 1 radical (unpaired) electrons. The van der Waals surface area contributed by atoms with Gasteiger partial charge in [-0.1, -0.05) is 38.8 Å². The summed E-state index contributed by atoms with van der Waals surface area (Å²) >= 11 is 6.83. The van der Waals surface area contributed by atoms with E-state index >= 15 is 0 Å². The minimum Gasteiger partial charge on any atom is -0.0875 e. The van der Waals surface area contributed by atoms with Crippen molar-refractivity contribution in [2.45, 2.75) is 25.1 Å². The van der Waals surface area contributed by atoms with Crippen molar-refractivity contribution in [3.63, 3.8) is 0 Å². The molecule has 7 heavy (non-hydrogen) atoms. The molecular formula is C5H9Br2. The van der Waals surface area contributed by atoms with Crippen LogP contribution in [0.2, 0.25) is 0 Å². The van der Waals surface area contributed by atoms with Gasteiger partial charge in [0, 0.05) is 4.83 Å². The van der Waals surface area contributed by atoms with Crippen molar-refractivity contribution in [2.75, 3.05) is 0 Å². The topological polar surface area (TPSA) is 0 Å². The SMILES string of the molecule is CCC(Br)[C](C)Br. The van der Waals surface area contributed by atoms with E-state index in [0.717, 1.165) is 6.42 Å². The van der Waals surface area contributed by atoms with Gasteiger partial charge in [0.05, 0.1) is 4.83 Å². The second-order valence-electron chi connectivity index (χ2n) is 1.46. The summed E-state index contributed by atoms with van der Waals surface area (Å²) in [6.45, 7) is 4.20. The molecule has 0 heterocycles. The van der Waals surface area contributed by atoms with Gasteiger partial charge in [0.15, 0.2) is 0 Å². The molecule has 0 rings (SSSR count). The first-order chi connectivity index (χ1) is 3.18. The summed E-state index contributed by atoms with van der Waals surface area (Å²) in [6.07, 6.45) is 1.15. The van der Waals surface area contributed by atoms with Gasteiger partial charge >= 0.3 is 0 Å². The van der Waals surface area contributed by atoms with E-state index in [-0.39, 0.29) is 0 Å². The average Bonchev–Trinajstić information content (AvgIpc) is 1.65. The standard InChI is InChI=1S/C5H9Br2/c1-3-5(7)4(2)6/h5H,3H2,1-2H3. The van der Waals surface area contributed by atoms with Crippen molar-refractivity contribution in [2.24, 2.45) is 0 Å². The van der Waals surface area contributed by atoms with E-state index in [4.69, 9.17) is 0 Å². The van der Waals surface area contributed by atoms with E-state index in [1.165, 1.54) is 4.83 Å². The third-order valence-corrected chi connectivity index (χ3v) is 3.29. The van der Waals surface area contributed by atoms with Gasteiger partial charge in [0.1, 0.15) is 0 Å². The maximum absolute atomic E-state index is 3.46. The highest BCUT2D eigenvalue weighted by Gasteiger charge is 2.06. The summed E-state index contributed by atoms with van der Waals surface area (Å²) in [5.41, 5.74) is 0. The van der Waals surface area contributed by atoms with E-state index in [2.05, 4.69) is 45.7 Å². The van der Waals surface area contributed by atoms with Crippen LogP contribution in [0.4, 0.5) is 0 Å². The largest absolute Gasteiger partial charge is 0.0875 e. The molecule has 0 nitrogen and oxygen atoms in total. The number of halogens is 2. The summed E-state index contributed by atoms with van der Waals surface area (Å²) < 4.78 is 0. The number of hydrogen-bond donors (Lipinski definition) is 0. The van der Waals surface area contributed by atoms with Crippen LogP contribution in [0, 0.1) is 4.83 Å². The molecule has 0 saturated carbocycles. The zero-order valence-corrected chi connectivity index (χ0v) is 7.71. The molecule has 2 heteroatoms. The molecule has 0 aromatic rings. The van der Waals surface area contributed by atoms with E-state index in [1.807, 2.05) is 0 Å². The Kier molecular flexibility index (Phi) is 4.44. The molecule has 0 bridgehead atoms. The van der Waals surface area contributed by atoms with Gasteiger partial charge in [-0.25, -0.2) is 0 Å². The molecule has 0 aromatic heterocycles. The highest BCUT2D eigenvalue weighted by molar-refractivity contribution is 9.13. The van der Waals surface area contributed by atoms with Crippen LogP contribution in [0.15, 0.2) is 0 Å². The molecule has 0 aliphatic rings. The third-order valence-electron chi connectivity index (χ3n) is 0.790. The van der Waals surface area contributed by atoms with Gasteiger partial charge in [-0.15, -0.1) is 0 Å². The predicted octanol–water partition coefficient (Wildman–Crippen LogP) is 3.11. The van der Waals surface area contributed by atoms with Gasteiger partial charge in [-0.3, -0.25) is 0 Å². The maximum Gasteiger partial charge on any atom is 0.0515 e. The first kappa shape index (κ1) is 7.96. The third kappa shape index (κ3) is 3.53.